The number of amidine groups is 1. The molecule has 0 heterocycles. The fraction of sp³-hybridized carbons (Fsp3) is 0.176. The molecule has 2 rings (SSSR count). The van der Waals surface area contributed by atoms with E-state index < -0.39 is 17.5 Å². The number of carbonyl (C=O) groups is 1. The van der Waals surface area contributed by atoms with Gasteiger partial charge in [0.2, 0.25) is 0 Å². The quantitative estimate of drug-likeness (QED) is 0.318. The highest BCUT2D eigenvalue weighted by atomic mass is 35.5. The lowest BCUT2D eigenvalue weighted by Crippen LogP contribution is -2.16. The van der Waals surface area contributed by atoms with E-state index in [4.69, 9.17) is 11.6 Å². The number of rotatable bonds is 3. The van der Waals surface area contributed by atoms with E-state index in [2.05, 4.69) is 21.9 Å². The molecule has 0 saturated carbocycles. The largest absolute Gasteiger partial charge is 0.507 e. The lowest BCUT2D eigenvalue weighted by atomic mass is 10.1. The molecule has 2 aromatic rings. The number of phenolic OH excluding ortho intramolecular Hbond substituents is 1. The van der Waals surface area contributed by atoms with Gasteiger partial charge >= 0.3 is 6.18 Å². The maximum Gasteiger partial charge on any atom is 0.419 e. The molecule has 0 atom stereocenters. The van der Waals surface area contributed by atoms with Crippen LogP contribution in [0.1, 0.15) is 21.5 Å². The summed E-state index contributed by atoms with van der Waals surface area (Å²) in [5, 5.41) is 12.5. The Bertz CT molecular complexity index is 809. The Morgan fingerprint density at radius 2 is 1.85 bits per heavy atom. The van der Waals surface area contributed by atoms with Crippen molar-refractivity contribution in [3.8, 4) is 5.75 Å². The third kappa shape index (κ3) is 5.37. The van der Waals surface area contributed by atoms with Gasteiger partial charge in [-0.3, -0.25) is 9.79 Å². The van der Waals surface area contributed by atoms with Crippen molar-refractivity contribution in [1.82, 2.24) is 0 Å². The zero-order valence-electron chi connectivity index (χ0n) is 13.7. The molecule has 26 heavy (non-hydrogen) atoms. The molecule has 0 aliphatic rings. The highest BCUT2D eigenvalue weighted by Gasteiger charge is 2.34. The summed E-state index contributed by atoms with van der Waals surface area (Å²) >= 11 is 10.4. The van der Waals surface area contributed by atoms with E-state index >= 15 is 0 Å². The molecule has 0 aromatic heterocycles. The number of aromatic hydroxyl groups is 1. The number of benzene rings is 2. The third-order valence-corrected chi connectivity index (χ3v) is 3.43. The van der Waals surface area contributed by atoms with Crippen LogP contribution in [0.2, 0.25) is 5.02 Å². The Morgan fingerprint density at radius 1 is 1.19 bits per heavy atom. The molecule has 0 saturated heterocycles. The fourth-order valence-electron chi connectivity index (χ4n) is 2.04. The number of alkyl halides is 4. The molecule has 2 N–H and O–H groups in total. The molecule has 0 aliphatic heterocycles. The van der Waals surface area contributed by atoms with Crippen LogP contribution in [0.3, 0.4) is 0 Å². The summed E-state index contributed by atoms with van der Waals surface area (Å²) < 4.78 is 38.7. The standard InChI is InChI=1S/C16H12ClF3N2O2.CH3Cl/c1-21-15(22-13-4-3-11(17)6-10(13)8-23)9-2-5-14(24)12(7-9)16(18,19)20;1-2/h2-8,24H,1H3,(H,21,22);1H3. The number of aliphatic imine (C=N–C) groups is 1. The number of halogens is 5. The molecule has 0 radical (unpaired) electrons. The maximum atomic E-state index is 12.9. The smallest absolute Gasteiger partial charge is 0.419 e. The topological polar surface area (TPSA) is 61.7 Å². The Hall–Kier alpha value is -2.25. The molecule has 0 amide bonds. The zero-order valence-corrected chi connectivity index (χ0v) is 15.2. The summed E-state index contributed by atoms with van der Waals surface area (Å²) in [5.41, 5.74) is -0.487. The number of carbonyl (C=O) groups excluding carboxylic acids is 1. The van der Waals surface area contributed by atoms with Gasteiger partial charge in [0.1, 0.15) is 11.6 Å². The molecule has 0 unspecified atom stereocenters. The van der Waals surface area contributed by atoms with Gasteiger partial charge in [0.15, 0.2) is 6.29 Å². The van der Waals surface area contributed by atoms with E-state index in [0.717, 1.165) is 12.1 Å². The van der Waals surface area contributed by atoms with Crippen molar-refractivity contribution in [2.75, 3.05) is 18.7 Å². The number of hydrogen-bond donors (Lipinski definition) is 2. The van der Waals surface area contributed by atoms with Crippen LogP contribution in [0.15, 0.2) is 41.4 Å². The average Bonchev–Trinajstić information content (AvgIpc) is 2.62. The second kappa shape index (κ2) is 9.45. The van der Waals surface area contributed by atoms with Crippen LogP contribution in [0.4, 0.5) is 18.9 Å². The minimum atomic E-state index is -4.70. The van der Waals surface area contributed by atoms with Crippen LogP contribution in [-0.4, -0.2) is 30.7 Å². The lowest BCUT2D eigenvalue weighted by molar-refractivity contribution is -0.138. The summed E-state index contributed by atoms with van der Waals surface area (Å²) in [7, 11) is 1.39. The second-order valence-electron chi connectivity index (χ2n) is 4.78. The van der Waals surface area contributed by atoms with Crippen LogP contribution in [-0.2, 0) is 6.18 Å². The lowest BCUT2D eigenvalue weighted by Gasteiger charge is -2.14. The van der Waals surface area contributed by atoms with Crippen molar-refractivity contribution in [2.45, 2.75) is 6.18 Å². The van der Waals surface area contributed by atoms with Gasteiger partial charge < -0.3 is 10.4 Å². The summed E-state index contributed by atoms with van der Waals surface area (Å²) in [4.78, 5) is 15.0. The summed E-state index contributed by atoms with van der Waals surface area (Å²) in [6.45, 7) is 0. The van der Waals surface area contributed by atoms with E-state index in [1.54, 1.807) is 0 Å². The Kier molecular flexibility index (Phi) is 7.92. The first-order valence-electron chi connectivity index (χ1n) is 7.03. The van der Waals surface area contributed by atoms with Gasteiger partial charge in [-0.15, -0.1) is 11.6 Å². The minimum Gasteiger partial charge on any atom is -0.507 e. The van der Waals surface area contributed by atoms with Crippen molar-refractivity contribution in [1.29, 1.82) is 0 Å². The van der Waals surface area contributed by atoms with Gasteiger partial charge in [0.25, 0.3) is 0 Å². The highest BCUT2D eigenvalue weighted by Crippen LogP contribution is 2.36. The van der Waals surface area contributed by atoms with E-state index in [1.165, 1.54) is 37.7 Å². The molecule has 2 aromatic carbocycles. The van der Waals surface area contributed by atoms with Crippen molar-refractivity contribution in [3.05, 3.63) is 58.1 Å². The Labute approximate surface area is 158 Å². The molecular weight excluding hydrogens is 392 g/mol. The van der Waals surface area contributed by atoms with Crippen molar-refractivity contribution < 1.29 is 23.1 Å². The van der Waals surface area contributed by atoms with E-state index in [9.17, 15) is 23.1 Å². The normalized spacial score (nSPS) is 11.4. The Morgan fingerprint density at radius 3 is 2.38 bits per heavy atom. The number of nitrogens with zero attached hydrogens (tertiary/aromatic N) is 1. The maximum absolute atomic E-state index is 12.9. The van der Waals surface area contributed by atoms with Gasteiger partial charge in [-0.2, -0.15) is 13.2 Å². The number of anilines is 1. The second-order valence-corrected chi connectivity index (χ2v) is 5.21. The van der Waals surface area contributed by atoms with Gasteiger partial charge in [-0.05, 0) is 36.4 Å². The molecule has 140 valence electrons. The predicted octanol–water partition coefficient (Wildman–Crippen LogP) is 5.22. The van der Waals surface area contributed by atoms with Gasteiger partial charge in [-0.1, -0.05) is 11.6 Å². The van der Waals surface area contributed by atoms with Crippen LogP contribution in [0.5, 0.6) is 5.75 Å². The summed E-state index contributed by atoms with van der Waals surface area (Å²) in [5.74, 6) is -0.771. The van der Waals surface area contributed by atoms with Gasteiger partial charge in [0.05, 0.1) is 11.3 Å². The fourth-order valence-corrected chi connectivity index (χ4v) is 2.22. The van der Waals surface area contributed by atoms with Crippen molar-refractivity contribution in [3.63, 3.8) is 0 Å². The highest BCUT2D eigenvalue weighted by molar-refractivity contribution is 6.31. The van der Waals surface area contributed by atoms with Gasteiger partial charge in [-0.25, -0.2) is 0 Å². The van der Waals surface area contributed by atoms with E-state index in [1.807, 2.05) is 0 Å². The monoisotopic (exact) mass is 406 g/mol. The molecular formula is C17H15Cl2F3N2O2. The Balaban J connectivity index is 0.00000163. The molecule has 0 spiro atoms. The first-order chi connectivity index (χ1) is 12.3. The van der Waals surface area contributed by atoms with Crippen molar-refractivity contribution >= 4 is 41.0 Å². The number of nitrogens with one attached hydrogen (secondary N) is 1. The average molecular weight is 407 g/mol. The molecule has 0 aliphatic carbocycles. The van der Waals surface area contributed by atoms with E-state index in [-0.39, 0.29) is 17.0 Å². The number of aldehydes is 1. The van der Waals surface area contributed by atoms with Crippen LogP contribution in [0, 0.1) is 0 Å². The molecule has 0 fully saturated rings. The molecule has 9 heteroatoms. The van der Waals surface area contributed by atoms with Crippen LogP contribution < -0.4 is 5.32 Å². The summed E-state index contributed by atoms with van der Waals surface area (Å²) in [6, 6.07) is 7.47. The third-order valence-electron chi connectivity index (χ3n) is 3.19. The number of phenols is 1. The van der Waals surface area contributed by atoms with Crippen LogP contribution >= 0.6 is 23.2 Å². The first-order valence-corrected chi connectivity index (χ1v) is 8.16. The predicted molar refractivity (Wildman–Crippen MR) is 97.8 cm³/mol. The first kappa shape index (κ1) is 21.8. The zero-order chi connectivity index (χ0) is 19.9. The van der Waals surface area contributed by atoms with Crippen molar-refractivity contribution in [2.24, 2.45) is 4.99 Å². The SMILES string of the molecule is CCl.CN=C(Nc1ccc(Cl)cc1C=O)c1ccc(O)c(C(F)(F)F)c1. The summed E-state index contributed by atoms with van der Waals surface area (Å²) in [6.07, 6.45) is -2.66. The number of hydrogen-bond acceptors (Lipinski definition) is 3. The molecule has 4 nitrogen and oxygen atoms in total. The molecule has 0 bridgehead atoms. The minimum absolute atomic E-state index is 0.103. The van der Waals surface area contributed by atoms with Gasteiger partial charge in [0, 0.05) is 29.6 Å². The van der Waals surface area contributed by atoms with E-state index in [0.29, 0.717) is 17.0 Å². The van der Waals surface area contributed by atoms with Crippen LogP contribution in [0.25, 0.3) is 0 Å².